The van der Waals surface area contributed by atoms with Crippen LogP contribution in [-0.2, 0) is 0 Å². The Morgan fingerprint density at radius 2 is 1.71 bits per heavy atom. The fraction of sp³-hybridized carbons (Fsp3) is 0.222. The molecule has 0 aromatic heterocycles. The van der Waals surface area contributed by atoms with E-state index in [0.717, 1.165) is 4.47 Å². The summed E-state index contributed by atoms with van der Waals surface area (Å²) in [4.78, 5) is 0.256. The lowest BCUT2D eigenvalue weighted by Crippen LogP contribution is -2.12. The molecule has 0 aliphatic carbocycles. The highest BCUT2D eigenvalue weighted by molar-refractivity contribution is 9.10. The van der Waals surface area contributed by atoms with Crippen molar-refractivity contribution in [1.29, 1.82) is 0 Å². The molecule has 1 aromatic carbocycles. The molecule has 1 rings (SSSR count). The molecule has 0 bridgehead atoms. The first kappa shape index (κ1) is 11.3. The molecule has 0 saturated carbocycles. The van der Waals surface area contributed by atoms with Crippen LogP contribution in [0, 0.1) is 0 Å². The maximum atomic E-state index is 5.57. The van der Waals surface area contributed by atoms with E-state index in [1.54, 1.807) is 26.4 Å². The van der Waals surface area contributed by atoms with Crippen molar-refractivity contribution in [3.05, 3.63) is 22.2 Å². The monoisotopic (exact) mass is 275 g/mol. The zero-order valence-corrected chi connectivity index (χ0v) is 10.2. The van der Waals surface area contributed by atoms with Gasteiger partial charge in [-0.05, 0) is 12.1 Å². The van der Waals surface area contributed by atoms with Gasteiger partial charge in [-0.3, -0.25) is 0 Å². The van der Waals surface area contributed by atoms with Gasteiger partial charge in [-0.25, -0.2) is 0 Å². The average molecular weight is 276 g/mol. The Labute approximate surface area is 96.3 Å². The highest BCUT2D eigenvalue weighted by atomic mass is 79.9. The summed E-state index contributed by atoms with van der Waals surface area (Å²) in [5.41, 5.74) is 6.19. The Morgan fingerprint density at radius 3 is 2.00 bits per heavy atom. The second kappa shape index (κ2) is 4.61. The van der Waals surface area contributed by atoms with E-state index in [0.29, 0.717) is 17.1 Å². The van der Waals surface area contributed by atoms with Crippen LogP contribution in [0.1, 0.15) is 5.56 Å². The Morgan fingerprint density at radius 1 is 1.29 bits per heavy atom. The fourth-order valence-corrected chi connectivity index (χ4v) is 1.74. The van der Waals surface area contributed by atoms with Gasteiger partial charge in [0.2, 0.25) is 0 Å². The van der Waals surface area contributed by atoms with Crippen LogP contribution in [0.2, 0.25) is 0 Å². The van der Waals surface area contributed by atoms with E-state index in [9.17, 15) is 0 Å². The van der Waals surface area contributed by atoms with Crippen molar-refractivity contribution >= 4 is 33.1 Å². The van der Waals surface area contributed by atoms with Crippen LogP contribution in [0.4, 0.5) is 0 Å². The summed E-state index contributed by atoms with van der Waals surface area (Å²) in [6, 6.07) is 3.58. The molecule has 0 aliphatic heterocycles. The van der Waals surface area contributed by atoms with Crippen molar-refractivity contribution in [2.75, 3.05) is 14.2 Å². The second-order valence-electron chi connectivity index (χ2n) is 2.55. The van der Waals surface area contributed by atoms with Crippen molar-refractivity contribution in [3.8, 4) is 11.5 Å². The third-order valence-electron chi connectivity index (χ3n) is 1.72. The number of benzene rings is 1. The quantitative estimate of drug-likeness (QED) is 0.859. The lowest BCUT2D eigenvalue weighted by atomic mass is 10.2. The third kappa shape index (κ3) is 2.16. The number of hydrogen-bond acceptors (Lipinski definition) is 3. The summed E-state index contributed by atoms with van der Waals surface area (Å²) in [7, 11) is 3.12. The maximum Gasteiger partial charge on any atom is 0.133 e. The molecule has 2 N–H and O–H groups in total. The summed E-state index contributed by atoms with van der Waals surface area (Å²) < 4.78 is 11.2. The summed E-state index contributed by atoms with van der Waals surface area (Å²) in [5.74, 6) is 1.20. The zero-order chi connectivity index (χ0) is 10.7. The largest absolute Gasteiger partial charge is 0.496 e. The molecule has 0 atom stereocenters. The Bertz CT molecular complexity index is 343. The highest BCUT2D eigenvalue weighted by Gasteiger charge is 2.13. The molecule has 1 aromatic rings. The van der Waals surface area contributed by atoms with Crippen LogP contribution < -0.4 is 15.2 Å². The number of nitrogens with two attached hydrogens (primary N) is 1. The van der Waals surface area contributed by atoms with E-state index >= 15 is 0 Å². The van der Waals surface area contributed by atoms with Gasteiger partial charge >= 0.3 is 0 Å². The van der Waals surface area contributed by atoms with Crippen LogP contribution >= 0.6 is 28.1 Å². The number of halogens is 1. The minimum atomic E-state index is 0.256. The smallest absolute Gasteiger partial charge is 0.133 e. The molecule has 0 spiro atoms. The first-order valence-electron chi connectivity index (χ1n) is 3.81. The SMILES string of the molecule is COc1cc(Br)cc(OC)c1C(N)=S. The van der Waals surface area contributed by atoms with E-state index in [1.807, 2.05) is 0 Å². The molecule has 0 aliphatic rings. The Kier molecular flexibility index (Phi) is 3.71. The van der Waals surface area contributed by atoms with Crippen molar-refractivity contribution in [3.63, 3.8) is 0 Å². The zero-order valence-electron chi connectivity index (χ0n) is 7.83. The van der Waals surface area contributed by atoms with Gasteiger partial charge in [0.1, 0.15) is 16.5 Å². The molecule has 0 saturated heterocycles. The number of ether oxygens (including phenoxy) is 2. The van der Waals surface area contributed by atoms with Crippen LogP contribution in [0.5, 0.6) is 11.5 Å². The normalized spacial score (nSPS) is 9.64. The fourth-order valence-electron chi connectivity index (χ4n) is 1.12. The first-order valence-corrected chi connectivity index (χ1v) is 5.01. The van der Waals surface area contributed by atoms with E-state index < -0.39 is 0 Å². The summed E-state index contributed by atoms with van der Waals surface area (Å²) in [5, 5.41) is 0. The van der Waals surface area contributed by atoms with Gasteiger partial charge in [0.05, 0.1) is 19.8 Å². The van der Waals surface area contributed by atoms with E-state index in [2.05, 4.69) is 15.9 Å². The van der Waals surface area contributed by atoms with Crippen molar-refractivity contribution in [2.24, 2.45) is 5.73 Å². The average Bonchev–Trinajstić information content (AvgIpc) is 2.15. The van der Waals surface area contributed by atoms with E-state index in [1.165, 1.54) is 0 Å². The van der Waals surface area contributed by atoms with Crippen LogP contribution in [0.25, 0.3) is 0 Å². The lowest BCUT2D eigenvalue weighted by molar-refractivity contribution is 0.392. The first-order chi connectivity index (χ1) is 6.60. The molecule has 0 heterocycles. The van der Waals surface area contributed by atoms with E-state index in [-0.39, 0.29) is 4.99 Å². The summed E-state index contributed by atoms with van der Waals surface area (Å²) in [6.45, 7) is 0. The lowest BCUT2D eigenvalue weighted by Gasteiger charge is -2.12. The summed E-state index contributed by atoms with van der Waals surface area (Å²) in [6.07, 6.45) is 0. The van der Waals surface area contributed by atoms with Gasteiger partial charge < -0.3 is 15.2 Å². The molecule has 5 heteroatoms. The molecule has 14 heavy (non-hydrogen) atoms. The molecular formula is C9H10BrNO2S. The van der Waals surface area contributed by atoms with Gasteiger partial charge in [-0.1, -0.05) is 28.1 Å². The van der Waals surface area contributed by atoms with Gasteiger partial charge in [0.25, 0.3) is 0 Å². The topological polar surface area (TPSA) is 44.5 Å². The number of rotatable bonds is 3. The molecule has 76 valence electrons. The second-order valence-corrected chi connectivity index (χ2v) is 3.91. The number of thiocarbonyl (C=S) groups is 1. The standard InChI is InChI=1S/C9H10BrNO2S/c1-12-6-3-5(10)4-7(13-2)8(6)9(11)14/h3-4H,1-2H3,(H2,11,14). The highest BCUT2D eigenvalue weighted by Crippen LogP contribution is 2.32. The van der Waals surface area contributed by atoms with Crippen molar-refractivity contribution < 1.29 is 9.47 Å². The van der Waals surface area contributed by atoms with Gasteiger partial charge in [0, 0.05) is 4.47 Å². The molecule has 0 radical (unpaired) electrons. The van der Waals surface area contributed by atoms with Crippen LogP contribution in [0.15, 0.2) is 16.6 Å². The molecule has 0 amide bonds. The molecule has 0 fully saturated rings. The molecule has 0 unspecified atom stereocenters. The van der Waals surface area contributed by atoms with E-state index in [4.69, 9.17) is 27.4 Å². The Hall–Kier alpha value is -0.810. The predicted molar refractivity (Wildman–Crippen MR) is 63.1 cm³/mol. The number of methoxy groups -OCH3 is 2. The van der Waals surface area contributed by atoms with Crippen LogP contribution in [0.3, 0.4) is 0 Å². The minimum absolute atomic E-state index is 0.256. The van der Waals surface area contributed by atoms with Gasteiger partial charge in [-0.2, -0.15) is 0 Å². The predicted octanol–water partition coefficient (Wildman–Crippen LogP) is 2.10. The maximum absolute atomic E-state index is 5.57. The summed E-state index contributed by atoms with van der Waals surface area (Å²) >= 11 is 8.25. The Balaban J connectivity index is 3.40. The van der Waals surface area contributed by atoms with Crippen molar-refractivity contribution in [2.45, 2.75) is 0 Å². The van der Waals surface area contributed by atoms with Crippen molar-refractivity contribution in [1.82, 2.24) is 0 Å². The number of hydrogen-bond donors (Lipinski definition) is 1. The minimum Gasteiger partial charge on any atom is -0.496 e. The van der Waals surface area contributed by atoms with Gasteiger partial charge in [-0.15, -0.1) is 0 Å². The third-order valence-corrected chi connectivity index (χ3v) is 2.38. The van der Waals surface area contributed by atoms with Crippen LogP contribution in [-0.4, -0.2) is 19.2 Å². The molecule has 3 nitrogen and oxygen atoms in total. The molecular weight excluding hydrogens is 266 g/mol. The van der Waals surface area contributed by atoms with Gasteiger partial charge in [0.15, 0.2) is 0 Å².